The fourth-order valence-electron chi connectivity index (χ4n) is 3.24. The molecule has 1 heterocycles. The summed E-state index contributed by atoms with van der Waals surface area (Å²) in [5.41, 5.74) is 1.09. The number of carbonyl (C=O) groups is 2. The molecule has 0 atom stereocenters. The Kier molecular flexibility index (Phi) is 10.6. The molecule has 0 saturated heterocycles. The van der Waals surface area contributed by atoms with Crippen LogP contribution in [-0.2, 0) is 27.4 Å². The molecule has 0 bridgehead atoms. The number of benzene rings is 1. The van der Waals surface area contributed by atoms with Crippen molar-refractivity contribution in [2.24, 2.45) is 0 Å². The monoisotopic (exact) mass is 430 g/mol. The van der Waals surface area contributed by atoms with Crippen LogP contribution < -0.4 is 0 Å². The first-order chi connectivity index (χ1) is 14.5. The quantitative estimate of drug-likeness (QED) is 0.435. The average molecular weight is 431 g/mol. The summed E-state index contributed by atoms with van der Waals surface area (Å²) in [4.78, 5) is 31.9. The lowest BCUT2D eigenvalue weighted by molar-refractivity contribution is -0.141. The normalized spacial score (nSPS) is 10.8. The second-order valence-corrected chi connectivity index (χ2v) is 8.89. The Morgan fingerprint density at radius 2 is 1.73 bits per heavy atom. The Morgan fingerprint density at radius 3 is 2.37 bits per heavy atom. The molecule has 0 fully saturated rings. The van der Waals surface area contributed by atoms with Gasteiger partial charge in [0, 0.05) is 43.0 Å². The standard InChI is InChI=1S/C24H34N2O3S/c1-4-5-12-23(27)25(15-9-16-29-3)19-24(28)26(17-21-10-7-6-8-11-21)18-22-14-13-20(2)30-22/h6-8,10-11,13-14H,4-5,9,12,15-19H2,1-3H3. The van der Waals surface area contributed by atoms with Gasteiger partial charge in [0.25, 0.3) is 0 Å². The van der Waals surface area contributed by atoms with Crippen LogP contribution in [0.4, 0.5) is 0 Å². The fourth-order valence-corrected chi connectivity index (χ4v) is 4.14. The number of ether oxygens (including phenoxy) is 1. The number of aryl methyl sites for hydroxylation is 1. The minimum absolute atomic E-state index is 0.0211. The number of nitrogens with zero attached hydrogens (tertiary/aromatic N) is 2. The zero-order valence-electron chi connectivity index (χ0n) is 18.4. The summed E-state index contributed by atoms with van der Waals surface area (Å²) in [5.74, 6) is 0.0279. The van der Waals surface area contributed by atoms with Gasteiger partial charge in [0.1, 0.15) is 0 Å². The van der Waals surface area contributed by atoms with Crippen LogP contribution in [0.15, 0.2) is 42.5 Å². The predicted octanol–water partition coefficient (Wildman–Crippen LogP) is 4.64. The van der Waals surface area contributed by atoms with E-state index in [1.165, 1.54) is 4.88 Å². The maximum atomic E-state index is 13.3. The molecule has 0 unspecified atom stereocenters. The van der Waals surface area contributed by atoms with Gasteiger partial charge in [-0.3, -0.25) is 9.59 Å². The smallest absolute Gasteiger partial charge is 0.242 e. The van der Waals surface area contributed by atoms with Gasteiger partial charge in [0.05, 0.1) is 13.1 Å². The van der Waals surface area contributed by atoms with Crippen molar-refractivity contribution in [3.8, 4) is 0 Å². The number of hydrogen-bond acceptors (Lipinski definition) is 4. The Balaban J connectivity index is 2.12. The molecule has 2 rings (SSSR count). The molecule has 2 amide bonds. The number of carbonyl (C=O) groups excluding carboxylic acids is 2. The number of hydrogen-bond donors (Lipinski definition) is 0. The molecular weight excluding hydrogens is 396 g/mol. The highest BCUT2D eigenvalue weighted by Gasteiger charge is 2.22. The molecule has 0 aliphatic heterocycles. The molecule has 1 aromatic carbocycles. The van der Waals surface area contributed by atoms with Crippen LogP contribution in [0.3, 0.4) is 0 Å². The number of rotatable bonds is 13. The van der Waals surface area contributed by atoms with Crippen LogP contribution in [0.2, 0.25) is 0 Å². The van der Waals surface area contributed by atoms with E-state index in [0.717, 1.165) is 29.7 Å². The van der Waals surface area contributed by atoms with Crippen LogP contribution in [0.1, 0.15) is 47.9 Å². The third kappa shape index (κ3) is 8.28. The third-order valence-electron chi connectivity index (χ3n) is 4.91. The number of amides is 2. The van der Waals surface area contributed by atoms with Crippen LogP contribution in [0, 0.1) is 6.92 Å². The van der Waals surface area contributed by atoms with Crippen molar-refractivity contribution in [2.45, 2.75) is 52.6 Å². The van der Waals surface area contributed by atoms with Crippen molar-refractivity contribution in [2.75, 3.05) is 26.8 Å². The van der Waals surface area contributed by atoms with Gasteiger partial charge < -0.3 is 14.5 Å². The lowest BCUT2D eigenvalue weighted by atomic mass is 10.2. The predicted molar refractivity (Wildman–Crippen MR) is 122 cm³/mol. The topological polar surface area (TPSA) is 49.9 Å². The summed E-state index contributed by atoms with van der Waals surface area (Å²) in [6.07, 6.45) is 3.02. The van der Waals surface area contributed by atoms with Crippen LogP contribution in [-0.4, -0.2) is 48.4 Å². The molecule has 1 aromatic heterocycles. The van der Waals surface area contributed by atoms with E-state index >= 15 is 0 Å². The first kappa shape index (κ1) is 24.1. The maximum Gasteiger partial charge on any atom is 0.242 e. The maximum absolute atomic E-state index is 13.3. The average Bonchev–Trinajstić information content (AvgIpc) is 3.16. The molecule has 0 radical (unpaired) electrons. The summed E-state index contributed by atoms with van der Waals surface area (Å²) in [7, 11) is 1.65. The first-order valence-electron chi connectivity index (χ1n) is 10.7. The van der Waals surface area contributed by atoms with E-state index in [4.69, 9.17) is 4.74 Å². The molecular formula is C24H34N2O3S. The first-order valence-corrected chi connectivity index (χ1v) is 11.5. The SMILES string of the molecule is CCCCC(=O)N(CCCOC)CC(=O)N(Cc1ccccc1)Cc1ccc(C)s1. The summed E-state index contributed by atoms with van der Waals surface area (Å²) < 4.78 is 5.13. The molecule has 30 heavy (non-hydrogen) atoms. The van der Waals surface area contributed by atoms with Crippen LogP contribution >= 0.6 is 11.3 Å². The minimum Gasteiger partial charge on any atom is -0.385 e. The number of thiophene rings is 1. The van der Waals surface area contributed by atoms with E-state index in [0.29, 0.717) is 32.7 Å². The van der Waals surface area contributed by atoms with Gasteiger partial charge in [0.2, 0.25) is 11.8 Å². The summed E-state index contributed by atoms with van der Waals surface area (Å²) in [5, 5.41) is 0. The van der Waals surface area contributed by atoms with Crippen molar-refractivity contribution >= 4 is 23.2 Å². The molecule has 5 nitrogen and oxygen atoms in total. The zero-order chi connectivity index (χ0) is 21.8. The van der Waals surface area contributed by atoms with E-state index in [-0.39, 0.29) is 18.4 Å². The third-order valence-corrected chi connectivity index (χ3v) is 5.90. The van der Waals surface area contributed by atoms with Crippen molar-refractivity contribution in [3.05, 3.63) is 57.8 Å². The van der Waals surface area contributed by atoms with E-state index < -0.39 is 0 Å². The minimum atomic E-state index is -0.0211. The van der Waals surface area contributed by atoms with E-state index in [1.807, 2.05) is 35.2 Å². The molecule has 6 heteroatoms. The highest BCUT2D eigenvalue weighted by Crippen LogP contribution is 2.19. The highest BCUT2D eigenvalue weighted by molar-refractivity contribution is 7.11. The molecule has 0 spiro atoms. The Hall–Kier alpha value is -2.18. The largest absolute Gasteiger partial charge is 0.385 e. The van der Waals surface area contributed by atoms with Gasteiger partial charge in [-0.05, 0) is 37.5 Å². The molecule has 0 saturated carbocycles. The van der Waals surface area contributed by atoms with Crippen molar-refractivity contribution < 1.29 is 14.3 Å². The molecule has 0 aliphatic rings. The summed E-state index contributed by atoms with van der Waals surface area (Å²) >= 11 is 1.71. The summed E-state index contributed by atoms with van der Waals surface area (Å²) in [6, 6.07) is 14.2. The zero-order valence-corrected chi connectivity index (χ0v) is 19.2. The Morgan fingerprint density at radius 1 is 0.967 bits per heavy atom. The van der Waals surface area contributed by atoms with Crippen molar-refractivity contribution in [1.29, 1.82) is 0 Å². The van der Waals surface area contributed by atoms with Gasteiger partial charge >= 0.3 is 0 Å². The van der Waals surface area contributed by atoms with Gasteiger partial charge in [-0.2, -0.15) is 0 Å². The molecule has 0 N–H and O–H groups in total. The lowest BCUT2D eigenvalue weighted by Crippen LogP contribution is -2.43. The van der Waals surface area contributed by atoms with Gasteiger partial charge in [-0.25, -0.2) is 0 Å². The van der Waals surface area contributed by atoms with Gasteiger partial charge in [0.15, 0.2) is 0 Å². The number of unbranched alkanes of at least 4 members (excludes halogenated alkanes) is 1. The van der Waals surface area contributed by atoms with Crippen LogP contribution in [0.5, 0.6) is 0 Å². The summed E-state index contributed by atoms with van der Waals surface area (Å²) in [6.45, 7) is 6.46. The van der Waals surface area contributed by atoms with E-state index in [9.17, 15) is 9.59 Å². The lowest BCUT2D eigenvalue weighted by Gasteiger charge is -2.28. The van der Waals surface area contributed by atoms with Crippen LogP contribution in [0.25, 0.3) is 0 Å². The second kappa shape index (κ2) is 13.2. The van der Waals surface area contributed by atoms with Crippen molar-refractivity contribution in [3.63, 3.8) is 0 Å². The molecule has 164 valence electrons. The fraction of sp³-hybridized carbons (Fsp3) is 0.500. The van der Waals surface area contributed by atoms with E-state index in [2.05, 4.69) is 26.0 Å². The Bertz CT molecular complexity index is 776. The molecule has 2 aromatic rings. The van der Waals surface area contributed by atoms with E-state index in [1.54, 1.807) is 23.3 Å². The van der Waals surface area contributed by atoms with Crippen molar-refractivity contribution in [1.82, 2.24) is 9.80 Å². The second-order valence-electron chi connectivity index (χ2n) is 7.51. The van der Waals surface area contributed by atoms with Gasteiger partial charge in [-0.1, -0.05) is 43.7 Å². The highest BCUT2D eigenvalue weighted by atomic mass is 32.1. The number of methoxy groups -OCH3 is 1. The van der Waals surface area contributed by atoms with Gasteiger partial charge in [-0.15, -0.1) is 11.3 Å². The Labute approximate surface area is 184 Å². The molecule has 0 aliphatic carbocycles.